The van der Waals surface area contributed by atoms with Crippen molar-refractivity contribution < 1.29 is 29.3 Å². The molecule has 0 spiro atoms. The number of nitro groups is 2. The molecule has 33 heavy (non-hydrogen) atoms. The molecule has 0 fully saturated rings. The number of nitrogens with one attached hydrogen (secondary N) is 1. The van der Waals surface area contributed by atoms with Crippen LogP contribution in [0.5, 0.6) is 11.5 Å². The van der Waals surface area contributed by atoms with Crippen LogP contribution < -0.4 is 10.2 Å². The van der Waals surface area contributed by atoms with Crippen LogP contribution in [-0.2, 0) is 0 Å². The molecule has 2 N–H and O–H groups in total. The number of benzene rings is 3. The molecule has 0 bridgehead atoms. The average molecular weight is 450 g/mol. The number of non-ortho nitro benzene ring substituents is 2. The highest BCUT2D eigenvalue weighted by Crippen LogP contribution is 2.24. The molecule has 12 heteroatoms. The standard InChI is InChI=1S/C21H14N4O8/c26-19-7-2-1-6-18(19)20(27)23-22-12-13-4-3-5-17(8-13)33-21(28)14-9-15(24(29)30)11-16(10-14)25(31)32/h1-12,26H,(H,23,27)/b22-12-. The Balaban J connectivity index is 1.72. The highest BCUT2D eigenvalue weighted by molar-refractivity contribution is 5.97. The molecule has 0 atom stereocenters. The highest BCUT2D eigenvalue weighted by atomic mass is 16.6. The van der Waals surface area contributed by atoms with Gasteiger partial charge in [0.2, 0.25) is 0 Å². The van der Waals surface area contributed by atoms with Gasteiger partial charge >= 0.3 is 5.97 Å². The summed E-state index contributed by atoms with van der Waals surface area (Å²) in [4.78, 5) is 44.7. The summed E-state index contributed by atoms with van der Waals surface area (Å²) in [7, 11) is 0. The number of carbonyl (C=O) groups is 2. The summed E-state index contributed by atoms with van der Waals surface area (Å²) < 4.78 is 5.16. The minimum Gasteiger partial charge on any atom is -0.507 e. The summed E-state index contributed by atoms with van der Waals surface area (Å²) in [6.45, 7) is 0. The van der Waals surface area contributed by atoms with Gasteiger partial charge in [0, 0.05) is 12.1 Å². The molecule has 12 nitrogen and oxygen atoms in total. The van der Waals surface area contributed by atoms with Gasteiger partial charge in [-0.1, -0.05) is 24.3 Å². The van der Waals surface area contributed by atoms with E-state index in [2.05, 4.69) is 10.5 Å². The minimum atomic E-state index is -1.04. The number of para-hydroxylation sites is 1. The monoisotopic (exact) mass is 450 g/mol. The predicted molar refractivity (Wildman–Crippen MR) is 114 cm³/mol. The molecule has 1 amide bonds. The lowest BCUT2D eigenvalue weighted by Gasteiger charge is -2.05. The van der Waals surface area contributed by atoms with Crippen LogP contribution in [0.15, 0.2) is 71.8 Å². The van der Waals surface area contributed by atoms with Gasteiger partial charge in [-0.3, -0.25) is 25.0 Å². The maximum absolute atomic E-state index is 12.4. The molecule has 3 aromatic rings. The molecule has 0 aliphatic rings. The smallest absolute Gasteiger partial charge is 0.344 e. The van der Waals surface area contributed by atoms with E-state index in [0.29, 0.717) is 5.56 Å². The molecule has 0 radical (unpaired) electrons. The second kappa shape index (κ2) is 9.78. The van der Waals surface area contributed by atoms with Crippen LogP contribution in [0.2, 0.25) is 0 Å². The van der Waals surface area contributed by atoms with E-state index >= 15 is 0 Å². The number of ether oxygens (including phenoxy) is 1. The Labute approximate surface area is 185 Å². The van der Waals surface area contributed by atoms with E-state index in [1.54, 1.807) is 18.2 Å². The molecule has 0 saturated carbocycles. The van der Waals surface area contributed by atoms with Gasteiger partial charge in [0.15, 0.2) is 0 Å². The molecule has 0 unspecified atom stereocenters. The molecule has 166 valence electrons. The fraction of sp³-hybridized carbons (Fsp3) is 0. The van der Waals surface area contributed by atoms with E-state index in [-0.39, 0.29) is 22.6 Å². The van der Waals surface area contributed by atoms with E-state index in [4.69, 9.17) is 4.74 Å². The molecular weight excluding hydrogens is 436 g/mol. The Morgan fingerprint density at radius 2 is 1.61 bits per heavy atom. The van der Waals surface area contributed by atoms with Crippen molar-refractivity contribution in [1.29, 1.82) is 0 Å². The van der Waals surface area contributed by atoms with Crippen molar-refractivity contribution in [2.45, 2.75) is 0 Å². The first-order chi connectivity index (χ1) is 15.7. The second-order valence-corrected chi connectivity index (χ2v) is 6.43. The van der Waals surface area contributed by atoms with Gasteiger partial charge in [-0.25, -0.2) is 10.2 Å². The number of hydrogen-bond donors (Lipinski definition) is 2. The SMILES string of the molecule is O=C(Oc1cccc(/C=N\NC(=O)c2ccccc2O)c1)c1cc([N+](=O)[O-])cc([N+](=O)[O-])c1. The van der Waals surface area contributed by atoms with E-state index in [1.165, 1.54) is 36.5 Å². The van der Waals surface area contributed by atoms with Crippen molar-refractivity contribution in [3.05, 3.63) is 104 Å². The number of phenolic OH excluding ortho intramolecular Hbond substituents is 1. The second-order valence-electron chi connectivity index (χ2n) is 6.43. The van der Waals surface area contributed by atoms with Crippen LogP contribution in [-0.4, -0.2) is 33.0 Å². The summed E-state index contributed by atoms with van der Waals surface area (Å²) in [5.74, 6) is -1.85. The topological polar surface area (TPSA) is 174 Å². The van der Waals surface area contributed by atoms with Gasteiger partial charge in [-0.05, 0) is 29.8 Å². The van der Waals surface area contributed by atoms with E-state index < -0.39 is 33.1 Å². The van der Waals surface area contributed by atoms with Crippen LogP contribution in [0.1, 0.15) is 26.3 Å². The first kappa shape index (κ1) is 22.6. The fourth-order valence-electron chi connectivity index (χ4n) is 2.64. The number of nitrogens with zero attached hydrogens (tertiary/aromatic N) is 3. The van der Waals surface area contributed by atoms with Crippen molar-refractivity contribution >= 4 is 29.5 Å². The first-order valence-corrected chi connectivity index (χ1v) is 9.12. The first-order valence-electron chi connectivity index (χ1n) is 9.12. The zero-order valence-corrected chi connectivity index (χ0v) is 16.6. The summed E-state index contributed by atoms with van der Waals surface area (Å²) in [6, 6.07) is 14.3. The molecule has 3 aromatic carbocycles. The summed E-state index contributed by atoms with van der Waals surface area (Å²) in [5, 5.41) is 35.4. The molecular formula is C21H14N4O8. The quantitative estimate of drug-likeness (QED) is 0.181. The third-order valence-electron chi connectivity index (χ3n) is 4.16. The van der Waals surface area contributed by atoms with E-state index in [0.717, 1.165) is 18.2 Å². The average Bonchev–Trinajstić information content (AvgIpc) is 2.79. The van der Waals surface area contributed by atoms with Crippen LogP contribution in [0.25, 0.3) is 0 Å². The van der Waals surface area contributed by atoms with Crippen LogP contribution in [0, 0.1) is 20.2 Å². The Morgan fingerprint density at radius 3 is 2.24 bits per heavy atom. The summed E-state index contributed by atoms with van der Waals surface area (Å²) in [5.41, 5.74) is 1.07. The molecule has 0 heterocycles. The van der Waals surface area contributed by atoms with Crippen molar-refractivity contribution in [3.63, 3.8) is 0 Å². The molecule has 3 rings (SSSR count). The van der Waals surface area contributed by atoms with Crippen molar-refractivity contribution in [3.8, 4) is 11.5 Å². The van der Waals surface area contributed by atoms with Crippen molar-refractivity contribution in [2.24, 2.45) is 5.10 Å². The number of nitro benzene ring substituents is 2. The van der Waals surface area contributed by atoms with Crippen molar-refractivity contribution in [1.82, 2.24) is 5.43 Å². The Bertz CT molecular complexity index is 1260. The maximum atomic E-state index is 12.4. The number of esters is 1. The Hall–Kier alpha value is -5.13. The van der Waals surface area contributed by atoms with E-state index in [1.807, 2.05) is 0 Å². The molecule has 0 saturated heterocycles. The summed E-state index contributed by atoms with van der Waals surface area (Å²) >= 11 is 0. The number of hydrogen-bond acceptors (Lipinski definition) is 9. The van der Waals surface area contributed by atoms with Gasteiger partial charge in [0.1, 0.15) is 11.5 Å². The number of amides is 1. The summed E-state index contributed by atoms with van der Waals surface area (Å²) in [6.07, 6.45) is 1.26. The maximum Gasteiger partial charge on any atom is 0.344 e. The largest absolute Gasteiger partial charge is 0.507 e. The lowest BCUT2D eigenvalue weighted by atomic mass is 10.1. The number of aromatic hydroxyl groups is 1. The zero-order valence-electron chi connectivity index (χ0n) is 16.6. The fourth-order valence-corrected chi connectivity index (χ4v) is 2.64. The third kappa shape index (κ3) is 5.73. The van der Waals surface area contributed by atoms with Gasteiger partial charge in [0.05, 0.1) is 33.3 Å². The predicted octanol–water partition coefficient (Wildman–Crippen LogP) is 3.19. The Morgan fingerprint density at radius 1 is 0.939 bits per heavy atom. The molecule has 0 aromatic heterocycles. The van der Waals surface area contributed by atoms with Crippen LogP contribution in [0.4, 0.5) is 11.4 Å². The number of rotatable bonds is 7. The minimum absolute atomic E-state index is 0.0309. The third-order valence-corrected chi connectivity index (χ3v) is 4.16. The number of carbonyl (C=O) groups excluding carboxylic acids is 2. The molecule has 0 aliphatic heterocycles. The Kier molecular flexibility index (Phi) is 6.69. The number of hydrazone groups is 1. The van der Waals surface area contributed by atoms with Crippen molar-refractivity contribution in [2.75, 3.05) is 0 Å². The van der Waals surface area contributed by atoms with Crippen LogP contribution in [0.3, 0.4) is 0 Å². The number of phenols is 1. The van der Waals surface area contributed by atoms with Gasteiger partial charge < -0.3 is 9.84 Å². The zero-order chi connectivity index (χ0) is 24.0. The van der Waals surface area contributed by atoms with E-state index in [9.17, 15) is 34.9 Å². The van der Waals surface area contributed by atoms with Crippen LogP contribution >= 0.6 is 0 Å². The van der Waals surface area contributed by atoms with Gasteiger partial charge in [0.25, 0.3) is 17.3 Å². The normalized spacial score (nSPS) is 10.5. The van der Waals surface area contributed by atoms with Gasteiger partial charge in [-0.2, -0.15) is 5.10 Å². The van der Waals surface area contributed by atoms with Gasteiger partial charge in [-0.15, -0.1) is 0 Å². The molecule has 0 aliphatic carbocycles. The lowest BCUT2D eigenvalue weighted by Crippen LogP contribution is -2.17. The lowest BCUT2D eigenvalue weighted by molar-refractivity contribution is -0.394. The highest BCUT2D eigenvalue weighted by Gasteiger charge is 2.21.